The van der Waals surface area contributed by atoms with Crippen LogP contribution < -0.4 is 5.32 Å². The summed E-state index contributed by atoms with van der Waals surface area (Å²) in [6.45, 7) is 2.92. The predicted octanol–water partition coefficient (Wildman–Crippen LogP) is 3.58. The van der Waals surface area contributed by atoms with E-state index in [1.807, 2.05) is 31.3 Å². The highest BCUT2D eigenvalue weighted by molar-refractivity contribution is 14.0. The van der Waals surface area contributed by atoms with Crippen LogP contribution in [0, 0.1) is 5.41 Å². The summed E-state index contributed by atoms with van der Waals surface area (Å²) in [7, 11) is -1.14. The van der Waals surface area contributed by atoms with Crippen LogP contribution in [-0.2, 0) is 22.1 Å². The average molecular weight is 505 g/mol. The Labute approximate surface area is 181 Å². The average Bonchev–Trinajstić information content (AvgIpc) is 2.99. The Morgan fingerprint density at radius 1 is 1.11 bits per heavy atom. The molecule has 7 heteroatoms. The standard InChI is InChI=1S/C20H31N3O2S.HI/c1-21-19(23-13-12-20(16-23)10-4-3-5-11-20)22-14-17-6-8-18(9-7-17)15-26(2,24)25;/h6-9H,3-5,10-16H2,1-2H3,(H,21,22);1H. The molecule has 0 atom stereocenters. The number of rotatable bonds is 4. The summed E-state index contributed by atoms with van der Waals surface area (Å²) in [5, 5.41) is 3.48. The van der Waals surface area contributed by atoms with Crippen LogP contribution in [0.3, 0.4) is 0 Å². The highest BCUT2D eigenvalue weighted by atomic mass is 127. The third-order valence-electron chi connectivity index (χ3n) is 5.77. The van der Waals surface area contributed by atoms with E-state index in [4.69, 9.17) is 0 Å². The van der Waals surface area contributed by atoms with E-state index in [1.165, 1.54) is 44.8 Å². The third-order valence-corrected chi connectivity index (χ3v) is 6.62. The molecule has 2 aliphatic rings. The molecule has 1 heterocycles. The van der Waals surface area contributed by atoms with E-state index in [0.29, 0.717) is 12.0 Å². The van der Waals surface area contributed by atoms with Crippen molar-refractivity contribution in [3.05, 3.63) is 35.4 Å². The Kier molecular flexibility index (Phi) is 7.97. The van der Waals surface area contributed by atoms with Gasteiger partial charge in [0.05, 0.1) is 5.75 Å². The zero-order chi connectivity index (χ0) is 18.6. The highest BCUT2D eigenvalue weighted by Gasteiger charge is 2.39. The van der Waals surface area contributed by atoms with Crippen LogP contribution in [0.2, 0.25) is 0 Å². The summed E-state index contributed by atoms with van der Waals surface area (Å²) < 4.78 is 22.8. The highest BCUT2D eigenvalue weighted by Crippen LogP contribution is 2.43. The normalized spacial score (nSPS) is 19.8. The Morgan fingerprint density at radius 3 is 2.33 bits per heavy atom. The topological polar surface area (TPSA) is 61.8 Å². The van der Waals surface area contributed by atoms with E-state index in [2.05, 4.69) is 15.2 Å². The Morgan fingerprint density at radius 2 is 1.74 bits per heavy atom. The van der Waals surface area contributed by atoms with Crippen molar-refractivity contribution >= 4 is 39.8 Å². The second-order valence-corrected chi connectivity index (χ2v) is 10.2. The minimum absolute atomic E-state index is 0. The molecule has 1 aliphatic heterocycles. The minimum Gasteiger partial charge on any atom is -0.352 e. The van der Waals surface area contributed by atoms with Crippen molar-refractivity contribution in [1.82, 2.24) is 10.2 Å². The molecule has 1 aromatic rings. The number of aliphatic imine (C=N–C) groups is 1. The van der Waals surface area contributed by atoms with Gasteiger partial charge in [0, 0.05) is 32.9 Å². The van der Waals surface area contributed by atoms with E-state index < -0.39 is 9.84 Å². The molecule has 1 spiro atoms. The first-order valence-electron chi connectivity index (χ1n) is 9.60. The first kappa shape index (κ1) is 22.5. The number of halogens is 1. The smallest absolute Gasteiger partial charge is 0.193 e. The molecule has 1 aromatic carbocycles. The predicted molar refractivity (Wildman–Crippen MR) is 122 cm³/mol. The Hall–Kier alpha value is -0.830. The molecule has 0 aromatic heterocycles. The summed E-state index contributed by atoms with van der Waals surface area (Å²) in [4.78, 5) is 6.89. The van der Waals surface area contributed by atoms with Crippen LogP contribution in [-0.4, -0.2) is 45.7 Å². The van der Waals surface area contributed by atoms with Crippen molar-refractivity contribution in [2.24, 2.45) is 10.4 Å². The molecule has 0 radical (unpaired) electrons. The van der Waals surface area contributed by atoms with Crippen molar-refractivity contribution < 1.29 is 8.42 Å². The van der Waals surface area contributed by atoms with Gasteiger partial charge in [-0.15, -0.1) is 24.0 Å². The van der Waals surface area contributed by atoms with Gasteiger partial charge in [-0.25, -0.2) is 8.42 Å². The van der Waals surface area contributed by atoms with Gasteiger partial charge in [-0.05, 0) is 35.8 Å². The van der Waals surface area contributed by atoms with Crippen LogP contribution in [0.4, 0.5) is 0 Å². The van der Waals surface area contributed by atoms with E-state index in [1.54, 1.807) is 0 Å². The summed E-state index contributed by atoms with van der Waals surface area (Å²) >= 11 is 0. The molecule has 1 saturated heterocycles. The summed E-state index contributed by atoms with van der Waals surface area (Å²) in [5.41, 5.74) is 2.48. The molecule has 152 valence electrons. The number of benzene rings is 1. The number of likely N-dealkylation sites (tertiary alicyclic amines) is 1. The molecule has 0 unspecified atom stereocenters. The van der Waals surface area contributed by atoms with Crippen molar-refractivity contribution in [1.29, 1.82) is 0 Å². The lowest BCUT2D eigenvalue weighted by Gasteiger charge is -2.33. The zero-order valence-electron chi connectivity index (χ0n) is 16.4. The number of guanidine groups is 1. The van der Waals surface area contributed by atoms with Crippen LogP contribution in [0.25, 0.3) is 0 Å². The third kappa shape index (κ3) is 6.34. The Bertz CT molecular complexity index is 741. The SMILES string of the molecule is CN=C(NCc1ccc(CS(C)(=O)=O)cc1)N1CCC2(CCCCC2)C1.I. The van der Waals surface area contributed by atoms with Gasteiger partial charge in [0.15, 0.2) is 15.8 Å². The number of hydrogen-bond acceptors (Lipinski definition) is 3. The number of hydrogen-bond donors (Lipinski definition) is 1. The van der Waals surface area contributed by atoms with E-state index in [0.717, 1.165) is 30.2 Å². The van der Waals surface area contributed by atoms with E-state index in [9.17, 15) is 8.42 Å². The lowest BCUT2D eigenvalue weighted by atomic mass is 9.73. The maximum atomic E-state index is 11.4. The zero-order valence-corrected chi connectivity index (χ0v) is 19.6. The molecule has 1 saturated carbocycles. The van der Waals surface area contributed by atoms with Gasteiger partial charge in [0.1, 0.15) is 0 Å². The van der Waals surface area contributed by atoms with Gasteiger partial charge in [0.2, 0.25) is 0 Å². The first-order chi connectivity index (χ1) is 12.4. The van der Waals surface area contributed by atoms with Crippen molar-refractivity contribution in [3.8, 4) is 0 Å². The van der Waals surface area contributed by atoms with Gasteiger partial charge in [-0.2, -0.15) is 0 Å². The maximum absolute atomic E-state index is 11.4. The molecule has 27 heavy (non-hydrogen) atoms. The second kappa shape index (κ2) is 9.58. The fraction of sp³-hybridized carbons (Fsp3) is 0.650. The Balaban J connectivity index is 0.00000261. The van der Waals surface area contributed by atoms with Gasteiger partial charge < -0.3 is 10.2 Å². The van der Waals surface area contributed by atoms with E-state index >= 15 is 0 Å². The lowest BCUT2D eigenvalue weighted by Crippen LogP contribution is -2.41. The van der Waals surface area contributed by atoms with E-state index in [-0.39, 0.29) is 29.7 Å². The maximum Gasteiger partial charge on any atom is 0.193 e. The quantitative estimate of drug-likeness (QED) is 0.386. The molecule has 0 bridgehead atoms. The molecule has 5 nitrogen and oxygen atoms in total. The number of nitrogens with one attached hydrogen (secondary N) is 1. The summed E-state index contributed by atoms with van der Waals surface area (Å²) in [6, 6.07) is 7.78. The van der Waals surface area contributed by atoms with Crippen LogP contribution in [0.1, 0.15) is 49.7 Å². The van der Waals surface area contributed by atoms with Gasteiger partial charge in [-0.3, -0.25) is 4.99 Å². The van der Waals surface area contributed by atoms with Crippen LogP contribution >= 0.6 is 24.0 Å². The number of nitrogens with zero attached hydrogens (tertiary/aromatic N) is 2. The number of sulfone groups is 1. The fourth-order valence-electron chi connectivity index (χ4n) is 4.40. The van der Waals surface area contributed by atoms with Crippen molar-refractivity contribution in [2.45, 2.75) is 50.8 Å². The summed E-state index contributed by atoms with van der Waals surface area (Å²) in [5.74, 6) is 1.07. The fourth-order valence-corrected chi connectivity index (χ4v) is 5.19. The molecule has 0 amide bonds. The molecule has 2 fully saturated rings. The molecular formula is C20H32IN3O2S. The largest absolute Gasteiger partial charge is 0.352 e. The lowest BCUT2D eigenvalue weighted by molar-refractivity contribution is 0.203. The minimum atomic E-state index is -2.99. The monoisotopic (exact) mass is 505 g/mol. The first-order valence-corrected chi connectivity index (χ1v) is 11.7. The second-order valence-electron chi connectivity index (χ2n) is 8.02. The molecule has 3 rings (SSSR count). The van der Waals surface area contributed by atoms with Gasteiger partial charge in [0.25, 0.3) is 0 Å². The molecular weight excluding hydrogens is 473 g/mol. The van der Waals surface area contributed by atoms with Gasteiger partial charge >= 0.3 is 0 Å². The summed E-state index contributed by atoms with van der Waals surface area (Å²) in [6.07, 6.45) is 9.42. The van der Waals surface area contributed by atoms with Crippen LogP contribution in [0.15, 0.2) is 29.3 Å². The van der Waals surface area contributed by atoms with Gasteiger partial charge in [-0.1, -0.05) is 43.5 Å². The molecule has 1 aliphatic carbocycles. The van der Waals surface area contributed by atoms with Crippen molar-refractivity contribution in [3.63, 3.8) is 0 Å². The van der Waals surface area contributed by atoms with Crippen molar-refractivity contribution in [2.75, 3.05) is 26.4 Å². The molecule has 1 N–H and O–H groups in total. The van der Waals surface area contributed by atoms with Crippen LogP contribution in [0.5, 0.6) is 0 Å².